The third-order valence-corrected chi connectivity index (χ3v) is 2.64. The summed E-state index contributed by atoms with van der Waals surface area (Å²) in [5.41, 5.74) is 6.58. The molecular weight excluding hydrogens is 192 g/mol. The van der Waals surface area contributed by atoms with Crippen LogP contribution in [-0.2, 0) is 4.74 Å². The molecular formula is C10H16N4O. The van der Waals surface area contributed by atoms with Crippen molar-refractivity contribution in [3.05, 3.63) is 11.9 Å². The first-order chi connectivity index (χ1) is 7.27. The minimum atomic E-state index is 0.306. The van der Waals surface area contributed by atoms with E-state index in [2.05, 4.69) is 15.3 Å². The standard InChI is InChI=1S/C10H16N4O/c1-7-9(11)13-6-14-10(7)12-5-8-3-2-4-15-8/h6,8H,2-5H2,1H3,(H3,11,12,13,14). The Morgan fingerprint density at radius 3 is 3.20 bits per heavy atom. The maximum absolute atomic E-state index is 5.68. The minimum Gasteiger partial charge on any atom is -0.383 e. The lowest BCUT2D eigenvalue weighted by Gasteiger charge is -2.13. The van der Waals surface area contributed by atoms with Crippen LogP contribution in [0, 0.1) is 6.92 Å². The third kappa shape index (κ3) is 2.36. The molecule has 82 valence electrons. The number of hydrogen-bond donors (Lipinski definition) is 2. The van der Waals surface area contributed by atoms with E-state index in [4.69, 9.17) is 10.5 Å². The van der Waals surface area contributed by atoms with Crippen molar-refractivity contribution < 1.29 is 4.74 Å². The molecule has 1 aliphatic heterocycles. The molecule has 2 heterocycles. The summed E-state index contributed by atoms with van der Waals surface area (Å²) in [7, 11) is 0. The Bertz CT molecular complexity index is 336. The molecule has 3 N–H and O–H groups in total. The number of nitrogens with zero attached hydrogens (tertiary/aromatic N) is 2. The number of rotatable bonds is 3. The lowest BCUT2D eigenvalue weighted by Crippen LogP contribution is -2.19. The second-order valence-corrected chi connectivity index (χ2v) is 3.75. The molecule has 1 unspecified atom stereocenters. The largest absolute Gasteiger partial charge is 0.383 e. The van der Waals surface area contributed by atoms with Gasteiger partial charge in [-0.05, 0) is 19.8 Å². The molecule has 1 saturated heterocycles. The van der Waals surface area contributed by atoms with Crippen molar-refractivity contribution in [2.75, 3.05) is 24.2 Å². The van der Waals surface area contributed by atoms with Gasteiger partial charge in [-0.3, -0.25) is 0 Å². The van der Waals surface area contributed by atoms with E-state index in [1.54, 1.807) is 0 Å². The number of aromatic nitrogens is 2. The van der Waals surface area contributed by atoms with Crippen LogP contribution in [0.2, 0.25) is 0 Å². The van der Waals surface area contributed by atoms with Gasteiger partial charge in [-0.15, -0.1) is 0 Å². The number of nitrogens with one attached hydrogen (secondary N) is 1. The van der Waals surface area contributed by atoms with E-state index in [1.807, 2.05) is 6.92 Å². The first-order valence-corrected chi connectivity index (χ1v) is 5.20. The van der Waals surface area contributed by atoms with Gasteiger partial charge in [0.1, 0.15) is 18.0 Å². The van der Waals surface area contributed by atoms with Gasteiger partial charge in [0, 0.05) is 18.7 Å². The molecule has 0 saturated carbocycles. The molecule has 0 amide bonds. The molecule has 0 aliphatic carbocycles. The Balaban J connectivity index is 1.95. The highest BCUT2D eigenvalue weighted by atomic mass is 16.5. The van der Waals surface area contributed by atoms with Gasteiger partial charge in [-0.1, -0.05) is 0 Å². The summed E-state index contributed by atoms with van der Waals surface area (Å²) < 4.78 is 5.51. The Kier molecular flexibility index (Phi) is 3.01. The fourth-order valence-electron chi connectivity index (χ4n) is 1.66. The van der Waals surface area contributed by atoms with Crippen LogP contribution in [0.15, 0.2) is 6.33 Å². The normalized spacial score (nSPS) is 20.5. The molecule has 5 heteroatoms. The molecule has 2 rings (SSSR count). The third-order valence-electron chi connectivity index (χ3n) is 2.64. The average molecular weight is 208 g/mol. The van der Waals surface area contributed by atoms with E-state index in [-0.39, 0.29) is 0 Å². The predicted molar refractivity (Wildman–Crippen MR) is 58.6 cm³/mol. The zero-order valence-corrected chi connectivity index (χ0v) is 8.86. The first-order valence-electron chi connectivity index (χ1n) is 5.20. The van der Waals surface area contributed by atoms with Gasteiger partial charge in [0.2, 0.25) is 0 Å². The van der Waals surface area contributed by atoms with E-state index in [0.717, 1.165) is 37.4 Å². The molecule has 5 nitrogen and oxygen atoms in total. The maximum atomic E-state index is 5.68. The Labute approximate surface area is 89.1 Å². The van der Waals surface area contributed by atoms with Crippen molar-refractivity contribution in [2.45, 2.75) is 25.9 Å². The summed E-state index contributed by atoms with van der Waals surface area (Å²) in [5.74, 6) is 1.33. The van der Waals surface area contributed by atoms with Gasteiger partial charge in [0.15, 0.2) is 0 Å². The summed E-state index contributed by atoms with van der Waals surface area (Å²) in [6.45, 7) is 3.57. The smallest absolute Gasteiger partial charge is 0.134 e. The summed E-state index contributed by atoms with van der Waals surface area (Å²) in [5, 5.41) is 3.24. The van der Waals surface area contributed by atoms with Gasteiger partial charge in [0.05, 0.1) is 6.10 Å². The molecule has 1 fully saturated rings. The number of ether oxygens (including phenoxy) is 1. The van der Waals surface area contributed by atoms with E-state index in [1.165, 1.54) is 6.33 Å². The molecule has 15 heavy (non-hydrogen) atoms. The Hall–Kier alpha value is -1.36. The van der Waals surface area contributed by atoms with Crippen LogP contribution in [0.4, 0.5) is 11.6 Å². The zero-order valence-electron chi connectivity index (χ0n) is 8.86. The van der Waals surface area contributed by atoms with Crippen LogP contribution in [0.3, 0.4) is 0 Å². The van der Waals surface area contributed by atoms with Crippen LogP contribution in [0.25, 0.3) is 0 Å². The highest BCUT2D eigenvalue weighted by molar-refractivity contribution is 5.53. The number of nitrogen functional groups attached to an aromatic ring is 1. The summed E-state index contributed by atoms with van der Waals surface area (Å²) in [6.07, 6.45) is 4.05. The van der Waals surface area contributed by atoms with Gasteiger partial charge < -0.3 is 15.8 Å². The van der Waals surface area contributed by atoms with Crippen molar-refractivity contribution in [3.63, 3.8) is 0 Å². The highest BCUT2D eigenvalue weighted by Crippen LogP contribution is 2.17. The summed E-state index contributed by atoms with van der Waals surface area (Å²) >= 11 is 0. The average Bonchev–Trinajstić information content (AvgIpc) is 2.73. The second kappa shape index (κ2) is 4.44. The lowest BCUT2D eigenvalue weighted by molar-refractivity contribution is 0.120. The first kappa shape index (κ1) is 10.2. The fourth-order valence-corrected chi connectivity index (χ4v) is 1.66. The molecule has 1 atom stereocenters. The SMILES string of the molecule is Cc1c(N)ncnc1NCC1CCCO1. The fraction of sp³-hybridized carbons (Fsp3) is 0.600. The Morgan fingerprint density at radius 1 is 1.60 bits per heavy atom. The van der Waals surface area contributed by atoms with Crippen LogP contribution in [0.5, 0.6) is 0 Å². The van der Waals surface area contributed by atoms with Gasteiger partial charge in [-0.25, -0.2) is 9.97 Å². The minimum absolute atomic E-state index is 0.306. The highest BCUT2D eigenvalue weighted by Gasteiger charge is 2.15. The van der Waals surface area contributed by atoms with Crippen LogP contribution >= 0.6 is 0 Å². The van der Waals surface area contributed by atoms with Crippen LogP contribution in [0.1, 0.15) is 18.4 Å². The Morgan fingerprint density at radius 2 is 2.47 bits per heavy atom. The summed E-state index contributed by atoms with van der Waals surface area (Å²) in [6, 6.07) is 0. The van der Waals surface area contributed by atoms with E-state index in [9.17, 15) is 0 Å². The molecule has 0 aromatic carbocycles. The van der Waals surface area contributed by atoms with Crippen molar-refractivity contribution in [1.82, 2.24) is 9.97 Å². The molecule has 1 aromatic rings. The van der Waals surface area contributed by atoms with E-state index < -0.39 is 0 Å². The van der Waals surface area contributed by atoms with Crippen molar-refractivity contribution >= 4 is 11.6 Å². The molecule has 0 spiro atoms. The predicted octanol–water partition coefficient (Wildman–Crippen LogP) is 0.958. The maximum Gasteiger partial charge on any atom is 0.134 e. The lowest BCUT2D eigenvalue weighted by atomic mass is 10.2. The zero-order chi connectivity index (χ0) is 10.7. The van der Waals surface area contributed by atoms with Crippen molar-refractivity contribution in [3.8, 4) is 0 Å². The van der Waals surface area contributed by atoms with Crippen LogP contribution < -0.4 is 11.1 Å². The monoisotopic (exact) mass is 208 g/mol. The van der Waals surface area contributed by atoms with Crippen LogP contribution in [-0.4, -0.2) is 29.2 Å². The van der Waals surface area contributed by atoms with Gasteiger partial charge >= 0.3 is 0 Å². The quantitative estimate of drug-likeness (QED) is 0.774. The molecule has 1 aromatic heterocycles. The van der Waals surface area contributed by atoms with E-state index >= 15 is 0 Å². The number of hydrogen-bond acceptors (Lipinski definition) is 5. The van der Waals surface area contributed by atoms with Gasteiger partial charge in [0.25, 0.3) is 0 Å². The number of nitrogens with two attached hydrogens (primary N) is 1. The topological polar surface area (TPSA) is 73.1 Å². The van der Waals surface area contributed by atoms with Crippen molar-refractivity contribution in [1.29, 1.82) is 0 Å². The number of anilines is 2. The second-order valence-electron chi connectivity index (χ2n) is 3.75. The van der Waals surface area contributed by atoms with Gasteiger partial charge in [-0.2, -0.15) is 0 Å². The van der Waals surface area contributed by atoms with Crippen molar-refractivity contribution in [2.24, 2.45) is 0 Å². The molecule has 0 radical (unpaired) electrons. The molecule has 0 bridgehead atoms. The van der Waals surface area contributed by atoms with E-state index in [0.29, 0.717) is 11.9 Å². The molecule has 1 aliphatic rings. The summed E-state index contributed by atoms with van der Waals surface area (Å²) in [4.78, 5) is 8.06.